The average molecular weight is 253 g/mol. The summed E-state index contributed by atoms with van der Waals surface area (Å²) < 4.78 is 9.06. The van der Waals surface area contributed by atoms with Gasteiger partial charge in [-0.25, -0.2) is 4.79 Å². The van der Waals surface area contributed by atoms with Crippen LogP contribution in [0.25, 0.3) is 0 Å². The lowest BCUT2D eigenvalue weighted by atomic mass is 10.1. The normalized spacial score (nSPS) is 17.4. The molecule has 6 nitrogen and oxygen atoms in total. The number of carbonyl (C=O) groups excluding carboxylic acids is 3. The average Bonchev–Trinajstić information content (AvgIpc) is 2.62. The minimum atomic E-state index is -0.723. The van der Waals surface area contributed by atoms with Crippen molar-refractivity contribution in [3.05, 3.63) is 22.5 Å². The van der Waals surface area contributed by atoms with Crippen molar-refractivity contribution in [1.82, 2.24) is 5.32 Å². The highest BCUT2D eigenvalue weighted by Gasteiger charge is 2.30. The lowest BCUT2D eigenvalue weighted by Crippen LogP contribution is -2.20. The summed E-state index contributed by atoms with van der Waals surface area (Å²) in [6.45, 7) is 3.36. The molecule has 0 aromatic rings. The van der Waals surface area contributed by atoms with E-state index in [2.05, 4.69) is 14.8 Å². The Morgan fingerprint density at radius 3 is 2.17 bits per heavy atom. The number of esters is 2. The third-order valence-corrected chi connectivity index (χ3v) is 2.73. The SMILES string of the molecule is COC(=O)C/C(C(=O)OC)=C1/NC(C)=C(C)C1=O. The zero-order chi connectivity index (χ0) is 13.9. The molecule has 1 aliphatic heterocycles. The Morgan fingerprint density at radius 2 is 1.78 bits per heavy atom. The molecule has 0 radical (unpaired) electrons. The van der Waals surface area contributed by atoms with E-state index < -0.39 is 11.9 Å². The van der Waals surface area contributed by atoms with Crippen molar-refractivity contribution in [2.24, 2.45) is 0 Å². The van der Waals surface area contributed by atoms with Crippen molar-refractivity contribution >= 4 is 17.7 Å². The molecule has 0 amide bonds. The molecule has 0 aromatic heterocycles. The first-order valence-electron chi connectivity index (χ1n) is 5.29. The minimum Gasteiger partial charge on any atom is -0.469 e. The summed E-state index contributed by atoms with van der Waals surface area (Å²) in [5.41, 5.74) is 1.23. The molecule has 0 saturated heterocycles. The van der Waals surface area contributed by atoms with Crippen LogP contribution in [0, 0.1) is 0 Å². The summed E-state index contributed by atoms with van der Waals surface area (Å²) in [5.74, 6) is -1.64. The van der Waals surface area contributed by atoms with E-state index in [1.807, 2.05) is 0 Å². The standard InChI is InChI=1S/C12H15NO5/c1-6-7(2)13-10(11(6)15)8(12(16)18-4)5-9(14)17-3/h13H,5H2,1-4H3/b10-8-. The number of hydrogen-bond donors (Lipinski definition) is 1. The maximum atomic E-state index is 11.9. The van der Waals surface area contributed by atoms with Gasteiger partial charge in [0.25, 0.3) is 0 Å². The van der Waals surface area contributed by atoms with Gasteiger partial charge in [0.1, 0.15) is 0 Å². The highest BCUT2D eigenvalue weighted by atomic mass is 16.5. The number of allylic oxidation sites excluding steroid dienone is 2. The van der Waals surface area contributed by atoms with Crippen LogP contribution in [0.4, 0.5) is 0 Å². The van der Waals surface area contributed by atoms with Crippen LogP contribution in [0.2, 0.25) is 0 Å². The van der Waals surface area contributed by atoms with Gasteiger partial charge in [-0.05, 0) is 13.8 Å². The summed E-state index contributed by atoms with van der Waals surface area (Å²) in [5, 5.41) is 2.80. The molecule has 1 N–H and O–H groups in total. The van der Waals surface area contributed by atoms with E-state index in [1.165, 1.54) is 14.2 Å². The Hall–Kier alpha value is -2.11. The molecule has 0 bridgehead atoms. The van der Waals surface area contributed by atoms with Gasteiger partial charge in [-0.15, -0.1) is 0 Å². The van der Waals surface area contributed by atoms with Crippen LogP contribution >= 0.6 is 0 Å². The third kappa shape index (κ3) is 2.58. The molecule has 1 rings (SSSR count). The number of ketones is 1. The molecular formula is C12H15NO5. The highest BCUT2D eigenvalue weighted by Crippen LogP contribution is 2.22. The Labute approximate surface area is 105 Å². The summed E-state index contributed by atoms with van der Waals surface area (Å²) in [4.78, 5) is 34.8. The number of methoxy groups -OCH3 is 2. The Bertz CT molecular complexity index is 473. The predicted octanol–water partition coefficient (Wildman–Crippen LogP) is 0.443. The maximum Gasteiger partial charge on any atom is 0.336 e. The molecule has 0 atom stereocenters. The summed E-state index contributed by atoms with van der Waals surface area (Å²) in [6, 6.07) is 0. The first kappa shape index (κ1) is 14.0. The van der Waals surface area contributed by atoms with Crippen LogP contribution in [0.3, 0.4) is 0 Å². The molecule has 98 valence electrons. The van der Waals surface area contributed by atoms with E-state index in [-0.39, 0.29) is 23.5 Å². The lowest BCUT2D eigenvalue weighted by molar-refractivity contribution is -0.143. The summed E-state index contributed by atoms with van der Waals surface area (Å²) in [7, 11) is 2.40. The topological polar surface area (TPSA) is 81.7 Å². The Kier molecular flexibility index (Phi) is 4.25. The monoisotopic (exact) mass is 253 g/mol. The fraction of sp³-hybridized carbons (Fsp3) is 0.417. The van der Waals surface area contributed by atoms with E-state index >= 15 is 0 Å². The van der Waals surface area contributed by atoms with E-state index in [9.17, 15) is 14.4 Å². The van der Waals surface area contributed by atoms with Crippen LogP contribution in [-0.4, -0.2) is 31.9 Å². The number of carbonyl (C=O) groups is 3. The zero-order valence-electron chi connectivity index (χ0n) is 10.7. The number of rotatable bonds is 3. The molecular weight excluding hydrogens is 238 g/mol. The fourth-order valence-corrected chi connectivity index (χ4v) is 1.51. The molecule has 1 heterocycles. The van der Waals surface area contributed by atoms with Gasteiger partial charge in [0, 0.05) is 11.3 Å². The number of Topliss-reactive ketones (excluding diaryl/α,β-unsaturated/α-hetero) is 1. The van der Waals surface area contributed by atoms with Gasteiger partial charge in [-0.2, -0.15) is 0 Å². The molecule has 0 saturated carbocycles. The van der Waals surface area contributed by atoms with Gasteiger partial charge < -0.3 is 14.8 Å². The molecule has 0 aliphatic carbocycles. The maximum absolute atomic E-state index is 11.9. The van der Waals surface area contributed by atoms with Gasteiger partial charge in [0.2, 0.25) is 5.78 Å². The first-order valence-corrected chi connectivity index (χ1v) is 5.29. The number of ether oxygens (including phenoxy) is 2. The van der Waals surface area contributed by atoms with Crippen molar-refractivity contribution in [2.45, 2.75) is 20.3 Å². The van der Waals surface area contributed by atoms with E-state index in [0.29, 0.717) is 11.3 Å². The van der Waals surface area contributed by atoms with Crippen LogP contribution in [0.1, 0.15) is 20.3 Å². The Morgan fingerprint density at radius 1 is 1.17 bits per heavy atom. The van der Waals surface area contributed by atoms with Crippen LogP contribution in [0.5, 0.6) is 0 Å². The second-order valence-corrected chi connectivity index (χ2v) is 3.80. The van der Waals surface area contributed by atoms with Gasteiger partial charge in [-0.1, -0.05) is 0 Å². The van der Waals surface area contributed by atoms with Crippen molar-refractivity contribution in [2.75, 3.05) is 14.2 Å². The van der Waals surface area contributed by atoms with E-state index in [0.717, 1.165) is 0 Å². The second kappa shape index (κ2) is 5.48. The molecule has 0 aromatic carbocycles. The predicted molar refractivity (Wildman–Crippen MR) is 62.2 cm³/mol. The van der Waals surface area contributed by atoms with E-state index in [4.69, 9.17) is 0 Å². The van der Waals surface area contributed by atoms with Crippen molar-refractivity contribution in [1.29, 1.82) is 0 Å². The zero-order valence-corrected chi connectivity index (χ0v) is 10.7. The highest BCUT2D eigenvalue weighted by molar-refractivity contribution is 6.15. The smallest absolute Gasteiger partial charge is 0.336 e. The van der Waals surface area contributed by atoms with Crippen LogP contribution in [0.15, 0.2) is 22.5 Å². The molecule has 0 fully saturated rings. The molecule has 0 unspecified atom stereocenters. The Balaban J connectivity index is 3.16. The number of hydrogen-bond acceptors (Lipinski definition) is 6. The van der Waals surface area contributed by atoms with Gasteiger partial charge in [0.05, 0.1) is 31.9 Å². The summed E-state index contributed by atoms with van der Waals surface area (Å²) >= 11 is 0. The first-order chi connectivity index (χ1) is 8.42. The minimum absolute atomic E-state index is 0.0226. The van der Waals surface area contributed by atoms with Crippen LogP contribution in [-0.2, 0) is 23.9 Å². The summed E-state index contributed by atoms with van der Waals surface area (Å²) in [6.07, 6.45) is -0.308. The third-order valence-electron chi connectivity index (χ3n) is 2.73. The van der Waals surface area contributed by atoms with Gasteiger partial charge in [0.15, 0.2) is 0 Å². The van der Waals surface area contributed by atoms with Crippen molar-refractivity contribution in [3.63, 3.8) is 0 Å². The molecule has 1 aliphatic rings. The number of nitrogens with one attached hydrogen (secondary N) is 1. The van der Waals surface area contributed by atoms with E-state index in [1.54, 1.807) is 13.8 Å². The van der Waals surface area contributed by atoms with Gasteiger partial charge >= 0.3 is 11.9 Å². The largest absolute Gasteiger partial charge is 0.469 e. The molecule has 6 heteroatoms. The van der Waals surface area contributed by atoms with Crippen molar-refractivity contribution < 1.29 is 23.9 Å². The van der Waals surface area contributed by atoms with Crippen molar-refractivity contribution in [3.8, 4) is 0 Å². The fourth-order valence-electron chi connectivity index (χ4n) is 1.51. The quantitative estimate of drug-likeness (QED) is 0.580. The van der Waals surface area contributed by atoms with Crippen LogP contribution < -0.4 is 5.32 Å². The van der Waals surface area contributed by atoms with Gasteiger partial charge in [-0.3, -0.25) is 9.59 Å². The molecule has 0 spiro atoms. The lowest BCUT2D eigenvalue weighted by Gasteiger charge is -2.08. The molecule has 18 heavy (non-hydrogen) atoms. The second-order valence-electron chi connectivity index (χ2n) is 3.80.